The number of amides is 2. The number of thioether (sulfide) groups is 1. The molecular formula is C18H19NO6S2. The molecule has 1 N–H and O–H groups in total. The van der Waals surface area contributed by atoms with Crippen molar-refractivity contribution < 1.29 is 27.9 Å². The maximum absolute atomic E-state index is 13.0. The van der Waals surface area contributed by atoms with Crippen molar-refractivity contribution in [1.29, 1.82) is 0 Å². The minimum Gasteiger partial charge on any atom is -0.481 e. The lowest BCUT2D eigenvalue weighted by atomic mass is 9.81. The molecule has 0 radical (unpaired) electrons. The van der Waals surface area contributed by atoms with Crippen LogP contribution >= 0.6 is 11.8 Å². The van der Waals surface area contributed by atoms with Crippen molar-refractivity contribution in [3.05, 3.63) is 29.8 Å². The van der Waals surface area contributed by atoms with Gasteiger partial charge in [-0.2, -0.15) is 4.31 Å². The van der Waals surface area contributed by atoms with E-state index in [-0.39, 0.29) is 27.7 Å². The number of fused-ring (bicyclic) bond motifs is 5. The van der Waals surface area contributed by atoms with Crippen LogP contribution < -0.4 is 0 Å². The number of sulfonamides is 1. The van der Waals surface area contributed by atoms with Crippen molar-refractivity contribution in [3.8, 4) is 0 Å². The fourth-order valence-corrected chi connectivity index (χ4v) is 7.47. The quantitative estimate of drug-likeness (QED) is 0.734. The summed E-state index contributed by atoms with van der Waals surface area (Å²) in [5.74, 6) is -3.69. The average molecular weight is 409 g/mol. The highest BCUT2D eigenvalue weighted by atomic mass is 32.2. The van der Waals surface area contributed by atoms with Gasteiger partial charge in [0.05, 0.1) is 22.5 Å². The number of aliphatic carboxylic acids is 1. The van der Waals surface area contributed by atoms with Gasteiger partial charge in [0.25, 0.3) is 10.0 Å². The van der Waals surface area contributed by atoms with E-state index >= 15 is 0 Å². The molecule has 2 amide bonds. The largest absolute Gasteiger partial charge is 0.481 e. The molecule has 5 unspecified atom stereocenters. The van der Waals surface area contributed by atoms with Crippen LogP contribution in [0.15, 0.2) is 29.2 Å². The third-order valence-electron chi connectivity index (χ3n) is 5.89. The molecule has 5 atom stereocenters. The van der Waals surface area contributed by atoms with Crippen LogP contribution in [0.2, 0.25) is 0 Å². The lowest BCUT2D eigenvalue weighted by Gasteiger charge is -2.27. The first-order valence-corrected chi connectivity index (χ1v) is 11.2. The van der Waals surface area contributed by atoms with Gasteiger partial charge in [0.2, 0.25) is 11.8 Å². The van der Waals surface area contributed by atoms with E-state index in [1.165, 1.54) is 23.9 Å². The van der Waals surface area contributed by atoms with Gasteiger partial charge < -0.3 is 5.11 Å². The van der Waals surface area contributed by atoms with Crippen LogP contribution in [0.3, 0.4) is 0 Å². The van der Waals surface area contributed by atoms with Crippen molar-refractivity contribution in [2.75, 3.05) is 5.75 Å². The van der Waals surface area contributed by atoms with E-state index < -0.39 is 39.6 Å². The second kappa shape index (κ2) is 6.34. The van der Waals surface area contributed by atoms with E-state index in [1.54, 1.807) is 12.1 Å². The Morgan fingerprint density at radius 1 is 1.15 bits per heavy atom. The summed E-state index contributed by atoms with van der Waals surface area (Å²) in [7, 11) is -4.22. The van der Waals surface area contributed by atoms with Gasteiger partial charge in [-0.3, -0.25) is 14.4 Å². The molecule has 4 rings (SSSR count). The summed E-state index contributed by atoms with van der Waals surface area (Å²) in [6, 6.07) is 6.06. The molecule has 1 heterocycles. The zero-order valence-corrected chi connectivity index (χ0v) is 16.2. The fraction of sp³-hybridized carbons (Fsp3) is 0.500. The highest BCUT2D eigenvalue weighted by Gasteiger charge is 2.66. The summed E-state index contributed by atoms with van der Waals surface area (Å²) in [6.45, 7) is 1.82. The van der Waals surface area contributed by atoms with Gasteiger partial charge in [-0.1, -0.05) is 17.7 Å². The van der Waals surface area contributed by atoms with Gasteiger partial charge in [-0.15, -0.1) is 11.8 Å². The predicted molar refractivity (Wildman–Crippen MR) is 97.3 cm³/mol. The number of aryl methyl sites for hydroxylation is 1. The number of hydrogen-bond acceptors (Lipinski definition) is 6. The predicted octanol–water partition coefficient (Wildman–Crippen LogP) is 1.51. The van der Waals surface area contributed by atoms with Crippen molar-refractivity contribution in [2.24, 2.45) is 23.7 Å². The van der Waals surface area contributed by atoms with Crippen LogP contribution in [-0.2, 0) is 24.4 Å². The number of carbonyl (C=O) groups excluding carboxylic acids is 2. The Kier molecular flexibility index (Phi) is 4.34. The third kappa shape index (κ3) is 2.79. The molecule has 27 heavy (non-hydrogen) atoms. The summed E-state index contributed by atoms with van der Waals surface area (Å²) >= 11 is 1.28. The summed E-state index contributed by atoms with van der Waals surface area (Å²) in [6.07, 6.45) is 1.34. The molecule has 3 fully saturated rings. The molecule has 1 aromatic carbocycles. The van der Waals surface area contributed by atoms with Gasteiger partial charge in [0.15, 0.2) is 0 Å². The number of carbonyl (C=O) groups is 3. The van der Waals surface area contributed by atoms with Gasteiger partial charge in [0, 0.05) is 5.25 Å². The first kappa shape index (κ1) is 18.5. The van der Waals surface area contributed by atoms with Crippen LogP contribution in [0.4, 0.5) is 0 Å². The molecule has 0 spiro atoms. The summed E-state index contributed by atoms with van der Waals surface area (Å²) in [5, 5.41) is 8.87. The molecule has 2 bridgehead atoms. The van der Waals surface area contributed by atoms with E-state index in [0.29, 0.717) is 17.1 Å². The number of hydrogen-bond donors (Lipinski definition) is 1. The first-order chi connectivity index (χ1) is 12.7. The molecule has 144 valence electrons. The number of carboxylic acids is 1. The fourth-order valence-electron chi connectivity index (χ4n) is 4.80. The second-order valence-electron chi connectivity index (χ2n) is 7.45. The normalized spacial score (nSPS) is 32.2. The number of carboxylic acid groups (broad SMARTS) is 1. The van der Waals surface area contributed by atoms with Crippen LogP contribution in [0.1, 0.15) is 18.4 Å². The molecule has 3 aliphatic rings. The molecule has 1 aliphatic heterocycles. The van der Waals surface area contributed by atoms with Crippen molar-refractivity contribution in [2.45, 2.75) is 29.9 Å². The molecule has 9 heteroatoms. The molecular weight excluding hydrogens is 390 g/mol. The molecule has 2 saturated carbocycles. The van der Waals surface area contributed by atoms with Crippen LogP contribution in [0.5, 0.6) is 0 Å². The summed E-state index contributed by atoms with van der Waals surface area (Å²) in [5.41, 5.74) is 0.876. The zero-order valence-electron chi connectivity index (χ0n) is 14.6. The van der Waals surface area contributed by atoms with Gasteiger partial charge >= 0.3 is 5.97 Å². The van der Waals surface area contributed by atoms with Gasteiger partial charge in [0.1, 0.15) is 0 Å². The van der Waals surface area contributed by atoms with Crippen LogP contribution in [0.25, 0.3) is 0 Å². The highest BCUT2D eigenvalue weighted by Crippen LogP contribution is 2.59. The summed E-state index contributed by atoms with van der Waals surface area (Å²) < 4.78 is 26.3. The van der Waals surface area contributed by atoms with E-state index in [1.807, 2.05) is 6.92 Å². The standard InChI is InChI=1S/C18H19NO6S2/c1-9-2-4-11(5-3-9)27(24,25)19-17(22)15-10-6-12(16(15)18(19)23)13(7-10)26-8-14(20)21/h2-5,10,12-13,15-16H,6-8H2,1H3,(H,20,21). The summed E-state index contributed by atoms with van der Waals surface area (Å²) in [4.78, 5) is 36.6. The van der Waals surface area contributed by atoms with E-state index in [2.05, 4.69) is 0 Å². The smallest absolute Gasteiger partial charge is 0.313 e. The Morgan fingerprint density at radius 3 is 2.41 bits per heavy atom. The number of rotatable bonds is 5. The molecule has 2 aliphatic carbocycles. The van der Waals surface area contributed by atoms with Gasteiger partial charge in [-0.25, -0.2) is 8.42 Å². The SMILES string of the molecule is Cc1ccc(S(=O)(=O)N2C(=O)C3C4CC(SCC(=O)O)C(C4)C3C2=O)cc1. The van der Waals surface area contributed by atoms with Crippen molar-refractivity contribution >= 4 is 39.6 Å². The van der Waals surface area contributed by atoms with E-state index in [9.17, 15) is 22.8 Å². The molecule has 1 saturated heterocycles. The third-order valence-corrected chi connectivity index (χ3v) is 8.99. The Bertz CT molecular complexity index is 926. The number of benzene rings is 1. The lowest BCUT2D eigenvalue weighted by molar-refractivity contribution is -0.135. The Morgan fingerprint density at radius 2 is 1.78 bits per heavy atom. The highest BCUT2D eigenvalue weighted by molar-refractivity contribution is 8.00. The van der Waals surface area contributed by atoms with Crippen LogP contribution in [-0.4, -0.2) is 46.6 Å². The second-order valence-corrected chi connectivity index (χ2v) is 10.5. The van der Waals surface area contributed by atoms with Gasteiger partial charge in [-0.05, 0) is 43.7 Å². The average Bonchev–Trinajstić information content (AvgIpc) is 3.24. The number of imide groups is 1. The van der Waals surface area contributed by atoms with E-state index in [4.69, 9.17) is 5.11 Å². The number of nitrogens with zero attached hydrogens (tertiary/aromatic N) is 1. The minimum atomic E-state index is -4.22. The lowest BCUT2D eigenvalue weighted by Crippen LogP contribution is -2.38. The van der Waals surface area contributed by atoms with E-state index in [0.717, 1.165) is 5.56 Å². The molecule has 0 aromatic heterocycles. The van der Waals surface area contributed by atoms with Crippen molar-refractivity contribution in [3.63, 3.8) is 0 Å². The van der Waals surface area contributed by atoms with Crippen LogP contribution in [0, 0.1) is 30.6 Å². The maximum atomic E-state index is 13.0. The van der Waals surface area contributed by atoms with Crippen molar-refractivity contribution in [1.82, 2.24) is 4.31 Å². The molecule has 7 nitrogen and oxygen atoms in total. The Hall–Kier alpha value is -1.87. The monoisotopic (exact) mass is 409 g/mol. The zero-order chi connectivity index (χ0) is 19.5. The first-order valence-electron chi connectivity index (χ1n) is 8.75. The molecule has 1 aromatic rings. The Balaban J connectivity index is 1.62. The maximum Gasteiger partial charge on any atom is 0.313 e. The Labute approximate surface area is 161 Å². The topological polar surface area (TPSA) is 109 Å². The minimum absolute atomic E-state index is 0.0221.